The van der Waals surface area contributed by atoms with Crippen LogP contribution in [0.2, 0.25) is 0 Å². The van der Waals surface area contributed by atoms with Crippen molar-refractivity contribution >= 4 is 42.1 Å². The molecule has 1 saturated heterocycles. The minimum Gasteiger partial charge on any atom is -0.350 e. The van der Waals surface area contributed by atoms with Crippen LogP contribution in [0.1, 0.15) is 10.5 Å². The summed E-state index contributed by atoms with van der Waals surface area (Å²) in [7, 11) is 0. The molecule has 0 aliphatic carbocycles. The average molecular weight is 364 g/mol. The van der Waals surface area contributed by atoms with Crippen LogP contribution in [0, 0.1) is 11.7 Å². The van der Waals surface area contributed by atoms with E-state index in [-0.39, 0.29) is 36.5 Å². The zero-order chi connectivity index (χ0) is 13.9. The lowest BCUT2D eigenvalue weighted by Gasteiger charge is -2.26. The van der Waals surface area contributed by atoms with Gasteiger partial charge in [-0.05, 0) is 12.1 Å². The molecule has 1 aliphatic rings. The Bertz CT molecular complexity index is 634. The summed E-state index contributed by atoms with van der Waals surface area (Å²) in [5, 5.41) is 8.19. The van der Waals surface area contributed by atoms with Crippen molar-refractivity contribution in [2.75, 3.05) is 19.6 Å². The van der Waals surface area contributed by atoms with E-state index in [0.717, 1.165) is 13.1 Å². The van der Waals surface area contributed by atoms with Crippen LogP contribution in [-0.4, -0.2) is 30.5 Å². The van der Waals surface area contributed by atoms with Gasteiger partial charge < -0.3 is 10.6 Å². The highest BCUT2D eigenvalue weighted by Gasteiger charge is 2.19. The van der Waals surface area contributed by atoms with E-state index < -0.39 is 0 Å². The third kappa shape index (κ3) is 4.16. The minimum absolute atomic E-state index is 0. The maximum Gasteiger partial charge on any atom is 0.270 e. The van der Waals surface area contributed by atoms with Crippen molar-refractivity contribution < 1.29 is 9.18 Å². The third-order valence-corrected chi connectivity index (χ3v) is 4.13. The first-order valence-corrected chi connectivity index (χ1v) is 7.31. The van der Waals surface area contributed by atoms with Crippen LogP contribution in [0.25, 0.3) is 10.6 Å². The summed E-state index contributed by atoms with van der Waals surface area (Å²) >= 11 is 1.27. The fourth-order valence-corrected chi connectivity index (χ4v) is 2.78. The summed E-state index contributed by atoms with van der Waals surface area (Å²) in [6.07, 6.45) is 0. The van der Waals surface area contributed by atoms with Crippen LogP contribution in [0.3, 0.4) is 0 Å². The summed E-state index contributed by atoms with van der Waals surface area (Å²) < 4.78 is 13.7. The van der Waals surface area contributed by atoms with Gasteiger partial charge in [-0.2, -0.15) is 0 Å². The lowest BCUT2D eigenvalue weighted by atomic mass is 10.0. The monoisotopic (exact) mass is 363 g/mol. The molecule has 0 bridgehead atoms. The predicted molar refractivity (Wildman–Crippen MR) is 90.7 cm³/mol. The molecule has 2 heterocycles. The van der Waals surface area contributed by atoms with E-state index in [2.05, 4.69) is 15.6 Å². The lowest BCUT2D eigenvalue weighted by molar-refractivity contribution is 0.0938. The van der Waals surface area contributed by atoms with Crippen molar-refractivity contribution in [3.8, 4) is 10.6 Å². The van der Waals surface area contributed by atoms with Crippen molar-refractivity contribution in [2.24, 2.45) is 5.92 Å². The van der Waals surface area contributed by atoms with Crippen LogP contribution in [0.5, 0.6) is 0 Å². The summed E-state index contributed by atoms with van der Waals surface area (Å²) in [4.78, 5) is 16.2. The molecule has 0 radical (unpaired) electrons. The highest BCUT2D eigenvalue weighted by atomic mass is 35.5. The molecular weight excluding hydrogens is 348 g/mol. The highest BCUT2D eigenvalue weighted by Crippen LogP contribution is 2.25. The number of hydrogen-bond acceptors (Lipinski definition) is 4. The number of rotatable bonds is 4. The Morgan fingerprint density at radius 3 is 2.73 bits per heavy atom. The molecule has 2 aromatic rings. The second-order valence-electron chi connectivity index (χ2n) is 4.75. The van der Waals surface area contributed by atoms with E-state index in [4.69, 9.17) is 0 Å². The number of nitrogens with one attached hydrogen (secondary N) is 2. The Labute approximate surface area is 144 Å². The van der Waals surface area contributed by atoms with Crippen LogP contribution in [-0.2, 0) is 0 Å². The second kappa shape index (κ2) is 8.43. The Hall–Kier alpha value is -1.21. The number of aromatic nitrogens is 1. The van der Waals surface area contributed by atoms with Crippen LogP contribution in [0.4, 0.5) is 4.39 Å². The Kier molecular flexibility index (Phi) is 7.22. The van der Waals surface area contributed by atoms with Gasteiger partial charge in [0.1, 0.15) is 16.5 Å². The number of amides is 1. The van der Waals surface area contributed by atoms with Gasteiger partial charge in [0.2, 0.25) is 0 Å². The molecule has 0 atom stereocenters. The predicted octanol–water partition coefficient (Wildman–Crippen LogP) is 2.74. The molecule has 8 heteroatoms. The Morgan fingerprint density at radius 2 is 2.09 bits per heavy atom. The summed E-state index contributed by atoms with van der Waals surface area (Å²) in [6.45, 7) is 2.54. The van der Waals surface area contributed by atoms with Gasteiger partial charge in [-0.1, -0.05) is 12.1 Å². The smallest absolute Gasteiger partial charge is 0.270 e. The van der Waals surface area contributed by atoms with Crippen molar-refractivity contribution in [1.29, 1.82) is 0 Å². The van der Waals surface area contributed by atoms with Crippen molar-refractivity contribution in [2.45, 2.75) is 0 Å². The fraction of sp³-hybridized carbons (Fsp3) is 0.286. The molecule has 0 saturated carbocycles. The molecule has 22 heavy (non-hydrogen) atoms. The average Bonchev–Trinajstić information content (AvgIpc) is 2.87. The SMILES string of the molecule is Cl.Cl.O=C(NCC1CNC1)c1csc(-c2ccccc2F)n1. The standard InChI is InChI=1S/C14H14FN3OS.2ClH/c15-11-4-2-1-3-10(11)14-18-12(8-20-14)13(19)17-7-9-5-16-6-9;;/h1-4,8-9,16H,5-7H2,(H,17,19);2*1H. The van der Waals surface area contributed by atoms with E-state index in [1.54, 1.807) is 23.6 Å². The molecule has 120 valence electrons. The normalized spacial score (nSPS) is 13.5. The Balaban J connectivity index is 0.00000121. The molecule has 0 spiro atoms. The number of carbonyl (C=O) groups is 1. The summed E-state index contributed by atoms with van der Waals surface area (Å²) in [5.41, 5.74) is 0.778. The Morgan fingerprint density at radius 1 is 1.36 bits per heavy atom. The molecule has 3 rings (SSSR count). The lowest BCUT2D eigenvalue weighted by Crippen LogP contribution is -2.48. The first kappa shape index (κ1) is 18.8. The molecule has 1 fully saturated rings. The quantitative estimate of drug-likeness (QED) is 0.877. The number of nitrogens with zero attached hydrogens (tertiary/aromatic N) is 1. The second-order valence-corrected chi connectivity index (χ2v) is 5.61. The molecule has 1 aromatic heterocycles. The van der Waals surface area contributed by atoms with E-state index in [9.17, 15) is 9.18 Å². The van der Waals surface area contributed by atoms with E-state index in [1.807, 2.05) is 0 Å². The van der Waals surface area contributed by atoms with Crippen LogP contribution >= 0.6 is 36.2 Å². The third-order valence-electron chi connectivity index (χ3n) is 3.26. The highest BCUT2D eigenvalue weighted by molar-refractivity contribution is 7.13. The van der Waals surface area contributed by atoms with Crippen LogP contribution in [0.15, 0.2) is 29.6 Å². The van der Waals surface area contributed by atoms with E-state index in [0.29, 0.717) is 28.7 Å². The molecule has 1 aromatic carbocycles. The van der Waals surface area contributed by atoms with Crippen molar-refractivity contribution in [1.82, 2.24) is 15.6 Å². The van der Waals surface area contributed by atoms with E-state index in [1.165, 1.54) is 17.4 Å². The number of hydrogen-bond donors (Lipinski definition) is 2. The van der Waals surface area contributed by atoms with Gasteiger partial charge in [-0.25, -0.2) is 9.37 Å². The zero-order valence-electron chi connectivity index (χ0n) is 11.5. The topological polar surface area (TPSA) is 54.0 Å². The van der Waals surface area contributed by atoms with Gasteiger partial charge in [0.25, 0.3) is 5.91 Å². The molecule has 0 unspecified atom stereocenters. The number of thiazole rings is 1. The number of carbonyl (C=O) groups excluding carboxylic acids is 1. The van der Waals surface area contributed by atoms with Gasteiger partial charge in [0.05, 0.1) is 0 Å². The maximum atomic E-state index is 13.7. The zero-order valence-corrected chi connectivity index (χ0v) is 14.0. The van der Waals surface area contributed by atoms with Crippen molar-refractivity contribution in [3.63, 3.8) is 0 Å². The molecular formula is C14H16Cl2FN3OS. The molecule has 4 nitrogen and oxygen atoms in total. The number of halogens is 3. The van der Waals surface area contributed by atoms with Gasteiger partial charge in [-0.3, -0.25) is 4.79 Å². The first-order valence-electron chi connectivity index (χ1n) is 6.43. The molecule has 1 aliphatic heterocycles. The largest absolute Gasteiger partial charge is 0.350 e. The maximum absolute atomic E-state index is 13.7. The minimum atomic E-state index is -0.325. The van der Waals surface area contributed by atoms with Gasteiger partial charge in [0.15, 0.2) is 0 Å². The summed E-state index contributed by atoms with van der Waals surface area (Å²) in [6, 6.07) is 6.44. The van der Waals surface area contributed by atoms with Gasteiger partial charge in [-0.15, -0.1) is 36.2 Å². The van der Waals surface area contributed by atoms with Gasteiger partial charge >= 0.3 is 0 Å². The van der Waals surface area contributed by atoms with Crippen molar-refractivity contribution in [3.05, 3.63) is 41.2 Å². The number of benzene rings is 1. The molecule has 2 N–H and O–H groups in total. The molecule has 1 amide bonds. The van der Waals surface area contributed by atoms with Gasteiger partial charge in [0, 0.05) is 36.5 Å². The van der Waals surface area contributed by atoms with Crippen LogP contribution < -0.4 is 10.6 Å². The fourth-order valence-electron chi connectivity index (χ4n) is 1.96. The van der Waals surface area contributed by atoms with E-state index >= 15 is 0 Å². The first-order chi connectivity index (χ1) is 9.74. The summed E-state index contributed by atoms with van der Waals surface area (Å²) in [5.74, 6) is -0.0197.